The Bertz CT molecular complexity index is 1020. The first-order valence-corrected chi connectivity index (χ1v) is 7.96. The van der Waals surface area contributed by atoms with Crippen LogP contribution in [0.4, 0.5) is 26.3 Å². The average molecular weight is 394 g/mol. The second-order valence-electron chi connectivity index (χ2n) is 5.79. The van der Waals surface area contributed by atoms with E-state index in [-0.39, 0.29) is 22.3 Å². The lowest BCUT2D eigenvalue weighted by molar-refractivity contribution is -0.0546. The van der Waals surface area contributed by atoms with Crippen LogP contribution in [-0.4, -0.2) is 6.61 Å². The van der Waals surface area contributed by atoms with Gasteiger partial charge in [-0.3, -0.25) is 0 Å². The zero-order chi connectivity index (χ0) is 20.4. The largest absolute Gasteiger partial charge is 0.429 e. The molecule has 0 amide bonds. The molecule has 7 heteroatoms. The highest BCUT2D eigenvalue weighted by molar-refractivity contribution is 5.72. The van der Waals surface area contributed by atoms with Crippen LogP contribution in [0.3, 0.4) is 0 Å². The van der Waals surface area contributed by atoms with E-state index in [0.29, 0.717) is 17.7 Å². The van der Waals surface area contributed by atoms with E-state index in [4.69, 9.17) is 0 Å². The van der Waals surface area contributed by atoms with Crippen LogP contribution in [0, 0.1) is 23.3 Å². The van der Waals surface area contributed by atoms with Crippen molar-refractivity contribution in [1.82, 2.24) is 0 Å². The van der Waals surface area contributed by atoms with Crippen LogP contribution in [0.15, 0.2) is 55.1 Å². The van der Waals surface area contributed by atoms with Gasteiger partial charge in [0.25, 0.3) is 0 Å². The van der Waals surface area contributed by atoms with Crippen molar-refractivity contribution in [2.24, 2.45) is 0 Å². The Morgan fingerprint density at radius 2 is 1.25 bits per heavy atom. The predicted molar refractivity (Wildman–Crippen MR) is 93.9 cm³/mol. The molecule has 0 saturated heterocycles. The molecular formula is C21H12F6O. The Morgan fingerprint density at radius 1 is 0.714 bits per heavy atom. The van der Waals surface area contributed by atoms with E-state index >= 15 is 0 Å². The molecule has 0 aliphatic rings. The Balaban J connectivity index is 2.00. The lowest BCUT2D eigenvalue weighted by atomic mass is 9.98. The van der Waals surface area contributed by atoms with Gasteiger partial charge >= 0.3 is 6.61 Å². The van der Waals surface area contributed by atoms with Crippen LogP contribution in [0.25, 0.3) is 28.3 Å². The first-order valence-electron chi connectivity index (χ1n) is 7.96. The maximum Gasteiger partial charge on any atom is 0.387 e. The molecule has 3 aromatic rings. The summed E-state index contributed by atoms with van der Waals surface area (Å²) in [6.45, 7) is 0.122. The van der Waals surface area contributed by atoms with Crippen molar-refractivity contribution in [3.05, 3.63) is 83.9 Å². The lowest BCUT2D eigenvalue weighted by Gasteiger charge is -2.11. The molecule has 0 saturated carbocycles. The van der Waals surface area contributed by atoms with Crippen LogP contribution < -0.4 is 4.74 Å². The van der Waals surface area contributed by atoms with Crippen molar-refractivity contribution in [2.45, 2.75) is 6.61 Å². The van der Waals surface area contributed by atoms with Crippen LogP contribution in [0.2, 0.25) is 0 Å². The van der Waals surface area contributed by atoms with Crippen molar-refractivity contribution in [2.75, 3.05) is 0 Å². The number of halogens is 6. The molecule has 0 aliphatic heterocycles. The normalized spacial score (nSPS) is 11.0. The Morgan fingerprint density at radius 3 is 1.79 bits per heavy atom. The van der Waals surface area contributed by atoms with Crippen molar-refractivity contribution in [3.63, 3.8) is 0 Å². The molecule has 0 aliphatic carbocycles. The van der Waals surface area contributed by atoms with E-state index in [0.717, 1.165) is 6.07 Å². The minimum absolute atomic E-state index is 0.133. The first-order chi connectivity index (χ1) is 13.3. The van der Waals surface area contributed by atoms with Crippen molar-refractivity contribution in [1.29, 1.82) is 0 Å². The monoisotopic (exact) mass is 394 g/mol. The van der Waals surface area contributed by atoms with Crippen LogP contribution in [0.1, 0.15) is 5.56 Å². The third kappa shape index (κ3) is 3.88. The highest BCUT2D eigenvalue weighted by Crippen LogP contribution is 2.33. The number of hydrogen-bond acceptors (Lipinski definition) is 1. The molecule has 0 unspecified atom stereocenters. The van der Waals surface area contributed by atoms with Gasteiger partial charge in [-0.05, 0) is 41.0 Å². The summed E-state index contributed by atoms with van der Waals surface area (Å²) in [7, 11) is 0. The minimum atomic E-state index is -3.41. The van der Waals surface area contributed by atoms with Gasteiger partial charge in [-0.1, -0.05) is 36.9 Å². The van der Waals surface area contributed by atoms with Crippen LogP contribution in [-0.2, 0) is 0 Å². The topological polar surface area (TPSA) is 9.23 Å². The van der Waals surface area contributed by atoms with Crippen molar-refractivity contribution in [3.8, 4) is 28.0 Å². The van der Waals surface area contributed by atoms with Crippen LogP contribution in [0.5, 0.6) is 5.75 Å². The molecule has 0 radical (unpaired) electrons. The fourth-order valence-corrected chi connectivity index (χ4v) is 2.73. The zero-order valence-corrected chi connectivity index (χ0v) is 14.2. The molecule has 28 heavy (non-hydrogen) atoms. The highest BCUT2D eigenvalue weighted by atomic mass is 19.3. The number of ether oxygens (including phenoxy) is 1. The summed E-state index contributed by atoms with van der Waals surface area (Å²) < 4.78 is 84.7. The average Bonchev–Trinajstić information content (AvgIpc) is 2.64. The van der Waals surface area contributed by atoms with Crippen molar-refractivity contribution < 1.29 is 31.1 Å². The van der Waals surface area contributed by atoms with E-state index in [1.54, 1.807) is 6.07 Å². The maximum absolute atomic E-state index is 14.5. The summed E-state index contributed by atoms with van der Waals surface area (Å²) in [5.74, 6) is -5.50. The van der Waals surface area contributed by atoms with E-state index in [1.165, 1.54) is 30.3 Å². The maximum atomic E-state index is 14.5. The highest BCUT2D eigenvalue weighted by Gasteiger charge is 2.19. The molecule has 3 aromatic carbocycles. The van der Waals surface area contributed by atoms with Gasteiger partial charge in [0.2, 0.25) is 0 Å². The van der Waals surface area contributed by atoms with Gasteiger partial charge in [-0.15, -0.1) is 0 Å². The summed E-state index contributed by atoms with van der Waals surface area (Å²) in [5, 5.41) is 0. The van der Waals surface area contributed by atoms with E-state index in [2.05, 4.69) is 11.3 Å². The van der Waals surface area contributed by atoms with Gasteiger partial charge in [0.05, 0.1) is 0 Å². The summed E-state index contributed by atoms with van der Waals surface area (Å²) in [6, 6.07) is 9.26. The van der Waals surface area contributed by atoms with Gasteiger partial charge in [-0.25, -0.2) is 17.6 Å². The number of rotatable bonds is 5. The number of benzene rings is 3. The lowest BCUT2D eigenvalue weighted by Crippen LogP contribution is -2.06. The van der Waals surface area contributed by atoms with Gasteiger partial charge < -0.3 is 4.74 Å². The third-order valence-electron chi connectivity index (χ3n) is 4.03. The van der Waals surface area contributed by atoms with E-state index in [9.17, 15) is 26.3 Å². The predicted octanol–water partition coefficient (Wildman–Crippen LogP) is 6.82. The molecule has 1 nitrogen and oxygen atoms in total. The second-order valence-corrected chi connectivity index (χ2v) is 5.79. The number of alkyl halides is 2. The molecule has 0 heterocycles. The van der Waals surface area contributed by atoms with Gasteiger partial charge in [-0.2, -0.15) is 8.78 Å². The molecule has 0 bridgehead atoms. The molecular weight excluding hydrogens is 382 g/mol. The van der Waals surface area contributed by atoms with Crippen molar-refractivity contribution >= 4 is 6.08 Å². The molecule has 144 valence electrons. The van der Waals surface area contributed by atoms with E-state index in [1.807, 2.05) is 0 Å². The van der Waals surface area contributed by atoms with Gasteiger partial charge in [0.15, 0.2) is 17.4 Å². The summed E-state index contributed by atoms with van der Waals surface area (Å²) in [6.07, 6.45) is 1.46. The smallest absolute Gasteiger partial charge is 0.387 e. The Labute approximate surface area is 156 Å². The zero-order valence-electron chi connectivity index (χ0n) is 14.2. The quantitative estimate of drug-likeness (QED) is 0.432. The molecule has 0 spiro atoms. The fraction of sp³-hybridized carbons (Fsp3) is 0.0476. The Kier molecular flexibility index (Phi) is 5.44. The second kappa shape index (κ2) is 7.80. The van der Waals surface area contributed by atoms with Crippen LogP contribution >= 0.6 is 0 Å². The van der Waals surface area contributed by atoms with Gasteiger partial charge in [0, 0.05) is 11.1 Å². The molecule has 0 fully saturated rings. The Hall–Kier alpha value is -3.22. The molecule has 0 N–H and O–H groups in total. The standard InChI is InChI=1S/C21H12F6O/c1-2-11-3-5-14(16(22)7-11)12-4-6-15(17(23)8-12)13-9-18(24)20(19(25)10-13)28-21(26)27/h2-10,21H,1H2. The molecule has 0 aromatic heterocycles. The SMILES string of the molecule is C=Cc1ccc(-c2ccc(-c3cc(F)c(OC(F)F)c(F)c3)c(F)c2)c(F)c1. The molecule has 3 rings (SSSR count). The molecule has 0 atom stereocenters. The summed E-state index contributed by atoms with van der Waals surface area (Å²) in [5.41, 5.74) is 0.494. The number of hydrogen-bond donors (Lipinski definition) is 0. The summed E-state index contributed by atoms with van der Waals surface area (Å²) >= 11 is 0. The fourth-order valence-electron chi connectivity index (χ4n) is 2.73. The third-order valence-corrected chi connectivity index (χ3v) is 4.03. The summed E-state index contributed by atoms with van der Waals surface area (Å²) in [4.78, 5) is 0. The first kappa shape index (κ1) is 19.5. The van der Waals surface area contributed by atoms with Gasteiger partial charge in [0.1, 0.15) is 11.6 Å². The van der Waals surface area contributed by atoms with E-state index < -0.39 is 35.6 Å². The minimum Gasteiger partial charge on any atom is -0.429 e.